The molecule has 118 valence electrons. The fourth-order valence-electron chi connectivity index (χ4n) is 2.44. The molecule has 3 rings (SSSR count). The highest BCUT2D eigenvalue weighted by atomic mass is 19.1. The van der Waals surface area contributed by atoms with Gasteiger partial charge in [0, 0.05) is 18.5 Å². The summed E-state index contributed by atoms with van der Waals surface area (Å²) in [5, 5.41) is 7.05. The Kier molecular flexibility index (Phi) is 3.77. The summed E-state index contributed by atoms with van der Waals surface area (Å²) in [5.41, 5.74) is 2.77. The maximum absolute atomic E-state index is 13.7. The van der Waals surface area contributed by atoms with Crippen LogP contribution in [-0.4, -0.2) is 25.5 Å². The predicted octanol–water partition coefficient (Wildman–Crippen LogP) is 2.37. The van der Waals surface area contributed by atoms with Gasteiger partial charge in [-0.1, -0.05) is 0 Å². The zero-order valence-electron chi connectivity index (χ0n) is 13.0. The largest absolute Gasteiger partial charge is 0.344 e. The van der Waals surface area contributed by atoms with Crippen LogP contribution in [0.4, 0.5) is 4.39 Å². The number of aromatic nitrogens is 4. The van der Waals surface area contributed by atoms with Gasteiger partial charge in [-0.15, -0.1) is 0 Å². The van der Waals surface area contributed by atoms with Crippen LogP contribution in [-0.2, 0) is 0 Å². The summed E-state index contributed by atoms with van der Waals surface area (Å²) < 4.78 is 15.4. The molecule has 0 aromatic carbocycles. The van der Waals surface area contributed by atoms with E-state index in [1.165, 1.54) is 24.5 Å². The lowest BCUT2D eigenvalue weighted by molar-refractivity contribution is 0.0937. The first kappa shape index (κ1) is 15.1. The van der Waals surface area contributed by atoms with Crippen LogP contribution in [0, 0.1) is 19.7 Å². The highest BCUT2D eigenvalue weighted by Gasteiger charge is 2.19. The Balaban J connectivity index is 1.89. The summed E-state index contributed by atoms with van der Waals surface area (Å²) in [6.45, 7) is 5.34. The molecule has 0 saturated carbocycles. The summed E-state index contributed by atoms with van der Waals surface area (Å²) in [6.07, 6.45) is 3.00. The standard InChI is InChI=1S/C16H16FN5O/c1-9-7-14-19-8-12(11(3)22(14)21-9)16(23)20-10(2)15-13(17)5-4-6-18-15/h4-8,10H,1-3H3,(H,20,23)/t10-/m1/s1. The lowest BCUT2D eigenvalue weighted by atomic mass is 10.1. The minimum Gasteiger partial charge on any atom is -0.344 e. The van der Waals surface area contributed by atoms with E-state index < -0.39 is 11.9 Å². The van der Waals surface area contributed by atoms with Gasteiger partial charge in [0.2, 0.25) is 0 Å². The van der Waals surface area contributed by atoms with Gasteiger partial charge in [0.25, 0.3) is 5.91 Å². The molecule has 0 radical (unpaired) electrons. The lowest BCUT2D eigenvalue weighted by Gasteiger charge is -2.15. The Morgan fingerprint density at radius 3 is 2.87 bits per heavy atom. The first-order valence-electron chi connectivity index (χ1n) is 7.20. The number of pyridine rings is 1. The van der Waals surface area contributed by atoms with Crippen molar-refractivity contribution >= 4 is 11.6 Å². The fraction of sp³-hybridized carbons (Fsp3) is 0.250. The van der Waals surface area contributed by atoms with Crippen LogP contribution in [0.3, 0.4) is 0 Å². The number of amides is 1. The molecule has 3 aromatic heterocycles. The molecule has 0 saturated heterocycles. The highest BCUT2D eigenvalue weighted by Crippen LogP contribution is 2.16. The minimum absolute atomic E-state index is 0.197. The molecule has 0 unspecified atom stereocenters. The van der Waals surface area contributed by atoms with E-state index in [4.69, 9.17) is 0 Å². The van der Waals surface area contributed by atoms with Crippen molar-refractivity contribution in [2.45, 2.75) is 26.8 Å². The summed E-state index contributed by atoms with van der Waals surface area (Å²) in [7, 11) is 0. The number of fused-ring (bicyclic) bond motifs is 1. The second-order valence-electron chi connectivity index (χ2n) is 5.38. The van der Waals surface area contributed by atoms with Crippen molar-refractivity contribution in [1.29, 1.82) is 0 Å². The van der Waals surface area contributed by atoms with Crippen molar-refractivity contribution in [2.75, 3.05) is 0 Å². The average Bonchev–Trinajstić information content (AvgIpc) is 2.89. The number of carbonyl (C=O) groups is 1. The number of halogens is 1. The lowest BCUT2D eigenvalue weighted by Crippen LogP contribution is -2.29. The molecule has 1 amide bonds. The van der Waals surface area contributed by atoms with E-state index >= 15 is 0 Å². The molecular weight excluding hydrogens is 297 g/mol. The molecule has 0 aliphatic heterocycles. The quantitative estimate of drug-likeness (QED) is 0.806. The molecule has 1 atom stereocenters. The highest BCUT2D eigenvalue weighted by molar-refractivity contribution is 5.95. The van der Waals surface area contributed by atoms with Crippen LogP contribution < -0.4 is 5.32 Å². The second kappa shape index (κ2) is 5.75. The molecule has 0 aliphatic rings. The molecule has 6 nitrogen and oxygen atoms in total. The number of carbonyl (C=O) groups excluding carboxylic acids is 1. The molecule has 0 spiro atoms. The monoisotopic (exact) mass is 313 g/mol. The zero-order chi connectivity index (χ0) is 16.6. The Labute approximate surface area is 132 Å². The van der Waals surface area contributed by atoms with E-state index in [9.17, 15) is 9.18 Å². The van der Waals surface area contributed by atoms with Crippen molar-refractivity contribution in [2.24, 2.45) is 0 Å². The zero-order valence-corrected chi connectivity index (χ0v) is 13.0. The van der Waals surface area contributed by atoms with E-state index in [1.54, 1.807) is 18.4 Å². The molecule has 0 fully saturated rings. The van der Waals surface area contributed by atoms with Gasteiger partial charge in [-0.2, -0.15) is 5.10 Å². The van der Waals surface area contributed by atoms with Crippen molar-refractivity contribution < 1.29 is 9.18 Å². The van der Waals surface area contributed by atoms with E-state index in [0.717, 1.165) is 5.69 Å². The maximum atomic E-state index is 13.7. The average molecular weight is 313 g/mol. The molecule has 7 heteroatoms. The number of rotatable bonds is 3. The summed E-state index contributed by atoms with van der Waals surface area (Å²) >= 11 is 0. The Bertz CT molecular complexity index is 889. The Morgan fingerprint density at radius 2 is 2.13 bits per heavy atom. The van der Waals surface area contributed by atoms with Gasteiger partial charge >= 0.3 is 0 Å². The molecule has 0 aliphatic carbocycles. The molecule has 1 N–H and O–H groups in total. The smallest absolute Gasteiger partial charge is 0.255 e. The summed E-state index contributed by atoms with van der Waals surface area (Å²) in [5.74, 6) is -0.795. The first-order chi connectivity index (χ1) is 11.0. The fourth-order valence-corrected chi connectivity index (χ4v) is 2.44. The van der Waals surface area contributed by atoms with E-state index in [1.807, 2.05) is 13.0 Å². The number of nitrogens with one attached hydrogen (secondary N) is 1. The number of aryl methyl sites for hydroxylation is 2. The number of nitrogens with zero attached hydrogens (tertiary/aromatic N) is 4. The summed E-state index contributed by atoms with van der Waals surface area (Å²) in [4.78, 5) is 20.7. The molecule has 3 aromatic rings. The van der Waals surface area contributed by atoms with Crippen LogP contribution in [0.5, 0.6) is 0 Å². The molecule has 0 bridgehead atoms. The van der Waals surface area contributed by atoms with Gasteiger partial charge in [0.1, 0.15) is 5.82 Å². The summed E-state index contributed by atoms with van der Waals surface area (Å²) in [6, 6.07) is 4.10. The van der Waals surface area contributed by atoms with Crippen LogP contribution >= 0.6 is 0 Å². The topological polar surface area (TPSA) is 72.2 Å². The van der Waals surface area contributed by atoms with Gasteiger partial charge in [-0.3, -0.25) is 9.78 Å². The number of hydrogen-bond donors (Lipinski definition) is 1. The molecule has 3 heterocycles. The van der Waals surface area contributed by atoms with Gasteiger partial charge in [0.15, 0.2) is 5.65 Å². The third-order valence-corrected chi connectivity index (χ3v) is 3.64. The normalized spacial score (nSPS) is 12.3. The Hall–Kier alpha value is -2.83. The van der Waals surface area contributed by atoms with E-state index in [2.05, 4.69) is 20.4 Å². The first-order valence-corrected chi connectivity index (χ1v) is 7.20. The second-order valence-corrected chi connectivity index (χ2v) is 5.38. The van der Waals surface area contributed by atoms with Crippen LogP contribution in [0.2, 0.25) is 0 Å². The van der Waals surface area contributed by atoms with Crippen LogP contribution in [0.1, 0.15) is 40.4 Å². The van der Waals surface area contributed by atoms with Crippen molar-refractivity contribution in [3.63, 3.8) is 0 Å². The van der Waals surface area contributed by atoms with E-state index in [-0.39, 0.29) is 11.6 Å². The molecule has 23 heavy (non-hydrogen) atoms. The van der Waals surface area contributed by atoms with Crippen molar-refractivity contribution in [3.05, 3.63) is 59.1 Å². The third-order valence-electron chi connectivity index (χ3n) is 3.64. The van der Waals surface area contributed by atoms with Crippen molar-refractivity contribution in [3.8, 4) is 0 Å². The van der Waals surface area contributed by atoms with Crippen LogP contribution in [0.25, 0.3) is 5.65 Å². The van der Waals surface area contributed by atoms with E-state index in [0.29, 0.717) is 16.9 Å². The van der Waals surface area contributed by atoms with Gasteiger partial charge in [0.05, 0.1) is 28.7 Å². The third kappa shape index (κ3) is 2.77. The van der Waals surface area contributed by atoms with Crippen LogP contribution in [0.15, 0.2) is 30.6 Å². The maximum Gasteiger partial charge on any atom is 0.255 e. The SMILES string of the molecule is Cc1cc2ncc(C(=O)N[C@H](C)c3ncccc3F)c(C)n2n1. The van der Waals surface area contributed by atoms with Gasteiger partial charge < -0.3 is 5.32 Å². The number of hydrogen-bond acceptors (Lipinski definition) is 4. The van der Waals surface area contributed by atoms with Gasteiger partial charge in [-0.25, -0.2) is 13.9 Å². The van der Waals surface area contributed by atoms with Gasteiger partial charge in [-0.05, 0) is 32.9 Å². The predicted molar refractivity (Wildman–Crippen MR) is 82.5 cm³/mol. The van der Waals surface area contributed by atoms with Crippen molar-refractivity contribution in [1.82, 2.24) is 24.9 Å². The molecular formula is C16H16FN5O. The minimum atomic E-state index is -0.557. The Morgan fingerprint density at radius 1 is 1.35 bits per heavy atom.